The van der Waals surface area contributed by atoms with Crippen molar-refractivity contribution >= 4 is 40.0 Å². The highest BCUT2D eigenvalue weighted by Crippen LogP contribution is 2.35. The van der Waals surface area contributed by atoms with E-state index in [9.17, 15) is 23.9 Å². The molecule has 0 spiro atoms. The fourth-order valence-corrected chi connectivity index (χ4v) is 8.15. The summed E-state index contributed by atoms with van der Waals surface area (Å²) in [5, 5.41) is 20.3. The highest BCUT2D eigenvalue weighted by Gasteiger charge is 2.41. The summed E-state index contributed by atoms with van der Waals surface area (Å²) in [7, 11) is 0. The van der Waals surface area contributed by atoms with E-state index in [0.29, 0.717) is 91.4 Å². The van der Waals surface area contributed by atoms with Crippen molar-refractivity contribution in [2.75, 3.05) is 39.3 Å². The molecule has 2 saturated heterocycles. The first-order valence-corrected chi connectivity index (χ1v) is 18.8. The smallest absolute Gasteiger partial charge is 0.351 e. The van der Waals surface area contributed by atoms with Gasteiger partial charge in [0.15, 0.2) is 5.65 Å². The molecule has 2 aliphatic heterocycles. The number of carbonyl (C=O) groups is 2. The first-order chi connectivity index (χ1) is 26.7. The molecule has 2 unspecified atom stereocenters. The monoisotopic (exact) mass is 762 g/mol. The van der Waals surface area contributed by atoms with Crippen molar-refractivity contribution in [2.45, 2.75) is 37.3 Å². The molecule has 12 nitrogen and oxygen atoms in total. The summed E-state index contributed by atoms with van der Waals surface area (Å²) in [6.45, 7) is 3.20. The molecule has 8 rings (SSSR count). The van der Waals surface area contributed by atoms with Crippen molar-refractivity contribution in [1.82, 2.24) is 39.3 Å². The summed E-state index contributed by atoms with van der Waals surface area (Å²) in [5.41, 5.74) is 2.23. The van der Waals surface area contributed by atoms with E-state index in [1.54, 1.807) is 36.5 Å². The zero-order valence-corrected chi connectivity index (χ0v) is 30.8. The number of likely N-dealkylation sites (tertiary alicyclic amines) is 2. The SMILES string of the molecule is O=C(NCCN1CCC(C(=O)N2CCC(O)(Cn3cnc4c(-c5ccc(F)cc5)cnn4c3=O)CC2)C(c2ccccc2)C1)c1ccc2c(Cl)ccnc2c1. The standard InChI is InChI=1S/C41H40ClFN8O4/c42-35-12-16-44-36-22-29(8-11-32(35)36)38(52)45-17-21-48-18-13-31(34(24-48)27-4-2-1-3-5-27)39(53)49-19-14-41(55,15-20-49)25-50-26-46-37-33(23-47-51(37)40(50)54)28-6-9-30(43)10-7-28/h1-12,16,22-23,26,31,34,55H,13-15,17-21,24-25H2,(H,45,52). The van der Waals surface area contributed by atoms with E-state index in [2.05, 4.69) is 37.4 Å². The van der Waals surface area contributed by atoms with Gasteiger partial charge in [-0.25, -0.2) is 14.2 Å². The lowest BCUT2D eigenvalue weighted by molar-refractivity contribution is -0.142. The van der Waals surface area contributed by atoms with Crippen molar-refractivity contribution in [3.8, 4) is 11.1 Å². The second-order valence-electron chi connectivity index (χ2n) is 14.5. The molecule has 3 aromatic carbocycles. The molecule has 0 radical (unpaired) electrons. The molecule has 2 N–H and O–H groups in total. The molecular weight excluding hydrogens is 723 g/mol. The molecule has 5 heterocycles. The number of piperidine rings is 2. The fourth-order valence-electron chi connectivity index (χ4n) is 7.94. The summed E-state index contributed by atoms with van der Waals surface area (Å²) in [4.78, 5) is 53.5. The van der Waals surface area contributed by atoms with Gasteiger partial charge in [-0.05, 0) is 67.3 Å². The maximum Gasteiger partial charge on any atom is 0.351 e. The van der Waals surface area contributed by atoms with Gasteiger partial charge in [0.2, 0.25) is 5.91 Å². The van der Waals surface area contributed by atoms with E-state index in [1.807, 2.05) is 29.2 Å². The van der Waals surface area contributed by atoms with Crippen LogP contribution in [-0.2, 0) is 11.3 Å². The van der Waals surface area contributed by atoms with Gasteiger partial charge in [-0.2, -0.15) is 9.61 Å². The van der Waals surface area contributed by atoms with Gasteiger partial charge < -0.3 is 20.2 Å². The Morgan fingerprint density at radius 1 is 0.982 bits per heavy atom. The van der Waals surface area contributed by atoms with Crippen LogP contribution < -0.4 is 11.0 Å². The minimum Gasteiger partial charge on any atom is -0.388 e. The quantitative estimate of drug-likeness (QED) is 0.215. The van der Waals surface area contributed by atoms with E-state index >= 15 is 0 Å². The van der Waals surface area contributed by atoms with Gasteiger partial charge in [0.1, 0.15) is 12.1 Å². The van der Waals surface area contributed by atoms with E-state index in [0.717, 1.165) is 10.9 Å². The van der Waals surface area contributed by atoms with Crippen LogP contribution in [0.3, 0.4) is 0 Å². The fraction of sp³-hybridized carbons (Fsp3) is 0.317. The second-order valence-corrected chi connectivity index (χ2v) is 14.9. The largest absolute Gasteiger partial charge is 0.388 e. The van der Waals surface area contributed by atoms with E-state index in [4.69, 9.17) is 11.6 Å². The Kier molecular flexibility index (Phi) is 10.2. The Balaban J connectivity index is 0.887. The lowest BCUT2D eigenvalue weighted by Crippen LogP contribution is -2.53. The summed E-state index contributed by atoms with van der Waals surface area (Å²) in [6, 6.07) is 23.0. The van der Waals surface area contributed by atoms with Crippen molar-refractivity contribution in [1.29, 1.82) is 0 Å². The number of nitrogens with zero attached hydrogens (tertiary/aromatic N) is 7. The minimum atomic E-state index is -1.22. The highest BCUT2D eigenvalue weighted by molar-refractivity contribution is 6.35. The van der Waals surface area contributed by atoms with Gasteiger partial charge in [-0.1, -0.05) is 60.1 Å². The zero-order valence-electron chi connectivity index (χ0n) is 30.0. The van der Waals surface area contributed by atoms with Gasteiger partial charge in [0, 0.05) is 67.3 Å². The third-order valence-corrected chi connectivity index (χ3v) is 11.4. The predicted octanol–water partition coefficient (Wildman–Crippen LogP) is 4.79. The van der Waals surface area contributed by atoms with E-state index in [1.165, 1.54) is 33.7 Å². The Labute approximate surface area is 321 Å². The number of rotatable bonds is 9. The number of halogens is 2. The number of benzene rings is 3. The van der Waals surface area contributed by atoms with Crippen LogP contribution in [0.4, 0.5) is 4.39 Å². The number of hydrogen-bond acceptors (Lipinski definition) is 8. The van der Waals surface area contributed by atoms with Crippen LogP contribution in [0.25, 0.3) is 27.7 Å². The van der Waals surface area contributed by atoms with Crippen LogP contribution in [0, 0.1) is 11.7 Å². The maximum atomic E-state index is 14.2. The number of nitrogens with one attached hydrogen (secondary N) is 1. The van der Waals surface area contributed by atoms with Crippen LogP contribution in [-0.4, -0.2) is 95.7 Å². The molecule has 55 heavy (non-hydrogen) atoms. The topological polar surface area (TPSA) is 138 Å². The number of hydrogen-bond donors (Lipinski definition) is 2. The molecule has 3 aromatic heterocycles. The van der Waals surface area contributed by atoms with Gasteiger partial charge in [-0.3, -0.25) is 19.1 Å². The molecule has 2 fully saturated rings. The summed E-state index contributed by atoms with van der Waals surface area (Å²) >= 11 is 6.26. The zero-order chi connectivity index (χ0) is 38.1. The van der Waals surface area contributed by atoms with Crippen molar-refractivity contribution in [3.05, 3.63) is 130 Å². The average Bonchev–Trinajstić information content (AvgIpc) is 3.64. The first kappa shape index (κ1) is 36.5. The molecule has 2 aliphatic rings. The van der Waals surface area contributed by atoms with Crippen molar-refractivity contribution in [3.63, 3.8) is 0 Å². The van der Waals surface area contributed by atoms with Gasteiger partial charge in [0.25, 0.3) is 5.91 Å². The van der Waals surface area contributed by atoms with E-state index in [-0.39, 0.29) is 36.0 Å². The lowest BCUT2D eigenvalue weighted by atomic mass is 9.79. The summed E-state index contributed by atoms with van der Waals surface area (Å²) in [6.07, 6.45) is 5.82. The molecule has 0 bridgehead atoms. The molecule has 14 heteroatoms. The Morgan fingerprint density at radius 3 is 2.55 bits per heavy atom. The molecule has 2 amide bonds. The minimum absolute atomic E-state index is 0.0101. The molecule has 6 aromatic rings. The number of aromatic nitrogens is 5. The van der Waals surface area contributed by atoms with Gasteiger partial charge in [0.05, 0.1) is 28.9 Å². The number of carbonyl (C=O) groups excluding carboxylic acids is 2. The van der Waals surface area contributed by atoms with Crippen LogP contribution in [0.15, 0.2) is 102 Å². The van der Waals surface area contributed by atoms with E-state index < -0.39 is 11.3 Å². The normalized spacial score (nSPS) is 18.8. The number of fused-ring (bicyclic) bond motifs is 2. The maximum absolute atomic E-state index is 14.2. The van der Waals surface area contributed by atoms with Crippen molar-refractivity contribution < 1.29 is 19.1 Å². The average molecular weight is 763 g/mol. The van der Waals surface area contributed by atoms with Crippen molar-refractivity contribution in [2.24, 2.45) is 5.92 Å². The number of pyridine rings is 1. The summed E-state index contributed by atoms with van der Waals surface area (Å²) < 4.78 is 16.0. The first-order valence-electron chi connectivity index (χ1n) is 18.5. The second kappa shape index (κ2) is 15.3. The van der Waals surface area contributed by atoms with Gasteiger partial charge in [-0.15, -0.1) is 0 Å². The molecule has 0 saturated carbocycles. The molecule has 2 atom stereocenters. The number of aliphatic hydroxyl groups is 1. The third-order valence-electron chi connectivity index (χ3n) is 11.0. The highest BCUT2D eigenvalue weighted by atomic mass is 35.5. The van der Waals surface area contributed by atoms with Crippen LogP contribution >= 0.6 is 11.6 Å². The van der Waals surface area contributed by atoms with Gasteiger partial charge >= 0.3 is 5.69 Å². The Hall–Kier alpha value is -5.50. The molecular formula is C41H40ClFN8O4. The summed E-state index contributed by atoms with van der Waals surface area (Å²) in [5.74, 6) is -0.756. The Morgan fingerprint density at radius 2 is 1.76 bits per heavy atom. The molecule has 0 aliphatic carbocycles. The molecule has 282 valence electrons. The predicted molar refractivity (Wildman–Crippen MR) is 206 cm³/mol. The van der Waals surface area contributed by atoms with Crippen LogP contribution in [0.5, 0.6) is 0 Å². The van der Waals surface area contributed by atoms with Crippen LogP contribution in [0.1, 0.15) is 41.1 Å². The lowest BCUT2D eigenvalue weighted by Gasteiger charge is -2.43. The Bertz CT molecular complexity index is 2410. The third kappa shape index (κ3) is 7.60. The number of amides is 2. The van der Waals surface area contributed by atoms with Crippen LogP contribution in [0.2, 0.25) is 5.02 Å².